The molecule has 0 N–H and O–H groups in total. The van der Waals surface area contributed by atoms with Crippen LogP contribution in [-0.4, -0.2) is 13.2 Å². The number of rotatable bonds is 3. The maximum atomic E-state index is 13.1. The van der Waals surface area contributed by atoms with Gasteiger partial charge >= 0.3 is 0 Å². The predicted molar refractivity (Wildman–Crippen MR) is 71.2 cm³/mol. The molecule has 0 spiro atoms. The molecule has 0 fully saturated rings. The summed E-state index contributed by atoms with van der Waals surface area (Å²) in [5.74, 6) is 1.45. The number of ether oxygens (including phenoxy) is 2. The summed E-state index contributed by atoms with van der Waals surface area (Å²) in [5, 5.41) is 0. The van der Waals surface area contributed by atoms with Crippen LogP contribution in [0.5, 0.6) is 11.5 Å². The number of methoxy groups -OCH3 is 1. The highest BCUT2D eigenvalue weighted by molar-refractivity contribution is 5.35. The lowest BCUT2D eigenvalue weighted by molar-refractivity contribution is 0.213. The Hall–Kier alpha value is -2.03. The molecule has 0 aromatic heterocycles. The van der Waals surface area contributed by atoms with E-state index in [2.05, 4.69) is 0 Å². The standard InChI is InChI=1S/C16H15FO2/c1-18-14-4-6-15(7-5-14)19-16-9-11-2-3-13(17)8-12(11)10-16/h2-8,16H,9-10H2,1H3. The van der Waals surface area contributed by atoms with Crippen molar-refractivity contribution in [3.8, 4) is 11.5 Å². The van der Waals surface area contributed by atoms with Crippen LogP contribution in [0.2, 0.25) is 0 Å². The number of benzene rings is 2. The molecule has 0 bridgehead atoms. The van der Waals surface area contributed by atoms with Gasteiger partial charge < -0.3 is 9.47 Å². The van der Waals surface area contributed by atoms with E-state index >= 15 is 0 Å². The Bertz CT molecular complexity index is 578. The molecule has 0 radical (unpaired) electrons. The first-order valence-electron chi connectivity index (χ1n) is 6.32. The zero-order valence-corrected chi connectivity index (χ0v) is 10.7. The number of hydrogen-bond donors (Lipinski definition) is 0. The lowest BCUT2D eigenvalue weighted by atomic mass is 10.1. The molecule has 3 rings (SSSR count). The van der Waals surface area contributed by atoms with Gasteiger partial charge in [0.05, 0.1) is 7.11 Å². The van der Waals surface area contributed by atoms with Gasteiger partial charge in [-0.2, -0.15) is 0 Å². The van der Waals surface area contributed by atoms with Gasteiger partial charge in [0.2, 0.25) is 0 Å². The van der Waals surface area contributed by atoms with E-state index in [-0.39, 0.29) is 11.9 Å². The summed E-state index contributed by atoms with van der Waals surface area (Å²) < 4.78 is 24.2. The number of halogens is 1. The minimum atomic E-state index is -0.177. The summed E-state index contributed by atoms with van der Waals surface area (Å²) in [6.07, 6.45) is 1.69. The van der Waals surface area contributed by atoms with Crippen molar-refractivity contribution >= 4 is 0 Å². The molecule has 3 heteroatoms. The summed E-state index contributed by atoms with van der Waals surface area (Å²) in [4.78, 5) is 0. The Morgan fingerprint density at radius 3 is 2.37 bits per heavy atom. The molecular formula is C16H15FO2. The van der Waals surface area contributed by atoms with E-state index in [4.69, 9.17) is 9.47 Å². The minimum Gasteiger partial charge on any atom is -0.497 e. The van der Waals surface area contributed by atoms with Gasteiger partial charge in [0.1, 0.15) is 23.4 Å². The van der Waals surface area contributed by atoms with Crippen LogP contribution in [0.1, 0.15) is 11.1 Å². The topological polar surface area (TPSA) is 18.5 Å². The fourth-order valence-corrected chi connectivity index (χ4v) is 2.48. The average Bonchev–Trinajstić information content (AvgIpc) is 2.81. The van der Waals surface area contributed by atoms with Gasteiger partial charge in [0.15, 0.2) is 0 Å². The first kappa shape index (κ1) is 12.0. The SMILES string of the molecule is COc1ccc(OC2Cc3ccc(F)cc3C2)cc1. The molecule has 2 aromatic carbocycles. The van der Waals surface area contributed by atoms with Crippen LogP contribution in [-0.2, 0) is 12.8 Å². The Labute approximate surface area is 111 Å². The third-order valence-corrected chi connectivity index (χ3v) is 3.43. The first-order chi connectivity index (χ1) is 9.24. The molecule has 1 atom stereocenters. The molecule has 0 aliphatic heterocycles. The van der Waals surface area contributed by atoms with Crippen LogP contribution in [0.15, 0.2) is 42.5 Å². The molecule has 0 heterocycles. The molecule has 0 amide bonds. The zero-order valence-electron chi connectivity index (χ0n) is 10.7. The third-order valence-electron chi connectivity index (χ3n) is 3.43. The second kappa shape index (κ2) is 4.92. The molecule has 19 heavy (non-hydrogen) atoms. The Balaban J connectivity index is 1.69. The highest BCUT2D eigenvalue weighted by Crippen LogP contribution is 2.27. The molecule has 2 nitrogen and oxygen atoms in total. The summed E-state index contributed by atoms with van der Waals surface area (Å²) in [5.41, 5.74) is 2.23. The highest BCUT2D eigenvalue weighted by atomic mass is 19.1. The smallest absolute Gasteiger partial charge is 0.123 e. The predicted octanol–water partition coefficient (Wildman–Crippen LogP) is 3.38. The van der Waals surface area contributed by atoms with Crippen molar-refractivity contribution in [1.29, 1.82) is 0 Å². The van der Waals surface area contributed by atoms with Crippen molar-refractivity contribution in [2.75, 3.05) is 7.11 Å². The lowest BCUT2D eigenvalue weighted by Gasteiger charge is -2.13. The van der Waals surface area contributed by atoms with Crippen molar-refractivity contribution in [3.05, 3.63) is 59.4 Å². The van der Waals surface area contributed by atoms with Gasteiger partial charge in [-0.15, -0.1) is 0 Å². The van der Waals surface area contributed by atoms with E-state index in [1.54, 1.807) is 13.2 Å². The summed E-state index contributed by atoms with van der Waals surface area (Å²) in [6.45, 7) is 0. The fraction of sp³-hybridized carbons (Fsp3) is 0.250. The largest absolute Gasteiger partial charge is 0.497 e. The fourth-order valence-electron chi connectivity index (χ4n) is 2.48. The summed E-state index contributed by atoms with van der Waals surface area (Å²) in [7, 11) is 1.64. The van der Waals surface area contributed by atoms with Crippen LogP contribution in [0, 0.1) is 5.82 Å². The van der Waals surface area contributed by atoms with E-state index < -0.39 is 0 Å². The van der Waals surface area contributed by atoms with Gasteiger partial charge in [-0.3, -0.25) is 0 Å². The zero-order chi connectivity index (χ0) is 13.2. The van der Waals surface area contributed by atoms with Crippen molar-refractivity contribution < 1.29 is 13.9 Å². The van der Waals surface area contributed by atoms with Gasteiger partial charge in [0.25, 0.3) is 0 Å². The molecule has 2 aromatic rings. The Morgan fingerprint density at radius 2 is 1.63 bits per heavy atom. The maximum Gasteiger partial charge on any atom is 0.123 e. The van der Waals surface area contributed by atoms with E-state index in [9.17, 15) is 4.39 Å². The summed E-state index contributed by atoms with van der Waals surface area (Å²) in [6, 6.07) is 12.5. The highest BCUT2D eigenvalue weighted by Gasteiger charge is 2.23. The maximum absolute atomic E-state index is 13.1. The molecular weight excluding hydrogens is 243 g/mol. The van der Waals surface area contributed by atoms with Crippen LogP contribution in [0.3, 0.4) is 0 Å². The molecule has 0 saturated carbocycles. The van der Waals surface area contributed by atoms with E-state index in [0.29, 0.717) is 0 Å². The number of hydrogen-bond acceptors (Lipinski definition) is 2. The van der Waals surface area contributed by atoms with Crippen LogP contribution in [0.4, 0.5) is 4.39 Å². The molecule has 1 aliphatic carbocycles. The Kier molecular flexibility index (Phi) is 3.11. The van der Waals surface area contributed by atoms with Crippen molar-refractivity contribution in [1.82, 2.24) is 0 Å². The Morgan fingerprint density at radius 1 is 0.947 bits per heavy atom. The van der Waals surface area contributed by atoms with E-state index in [1.807, 2.05) is 30.3 Å². The molecule has 1 unspecified atom stereocenters. The van der Waals surface area contributed by atoms with E-state index in [0.717, 1.165) is 29.9 Å². The molecule has 1 aliphatic rings. The van der Waals surface area contributed by atoms with Gasteiger partial charge in [-0.1, -0.05) is 6.07 Å². The molecule has 0 saturated heterocycles. The van der Waals surface area contributed by atoms with Crippen LogP contribution in [0.25, 0.3) is 0 Å². The van der Waals surface area contributed by atoms with Crippen molar-refractivity contribution in [3.63, 3.8) is 0 Å². The monoisotopic (exact) mass is 258 g/mol. The van der Waals surface area contributed by atoms with Gasteiger partial charge in [0, 0.05) is 12.8 Å². The minimum absolute atomic E-state index is 0.0881. The third kappa shape index (κ3) is 2.55. The van der Waals surface area contributed by atoms with Gasteiger partial charge in [-0.25, -0.2) is 4.39 Å². The summed E-state index contributed by atoms with van der Waals surface area (Å²) >= 11 is 0. The lowest BCUT2D eigenvalue weighted by Crippen LogP contribution is -2.16. The normalized spacial score (nSPS) is 17.1. The average molecular weight is 258 g/mol. The number of fused-ring (bicyclic) bond motifs is 1. The second-order valence-electron chi connectivity index (χ2n) is 4.74. The molecule has 98 valence electrons. The first-order valence-corrected chi connectivity index (χ1v) is 6.32. The van der Waals surface area contributed by atoms with Crippen molar-refractivity contribution in [2.45, 2.75) is 18.9 Å². The second-order valence-corrected chi connectivity index (χ2v) is 4.74. The van der Waals surface area contributed by atoms with Crippen molar-refractivity contribution in [2.24, 2.45) is 0 Å². The van der Waals surface area contributed by atoms with E-state index in [1.165, 1.54) is 11.6 Å². The quantitative estimate of drug-likeness (QED) is 0.840. The van der Waals surface area contributed by atoms with Gasteiger partial charge in [-0.05, 0) is 47.5 Å². The van der Waals surface area contributed by atoms with Crippen LogP contribution >= 0.6 is 0 Å². The van der Waals surface area contributed by atoms with Crippen LogP contribution < -0.4 is 9.47 Å².